The van der Waals surface area contributed by atoms with Gasteiger partial charge in [0, 0.05) is 12.5 Å². The molecule has 2 heteroatoms. The lowest BCUT2D eigenvalue weighted by atomic mass is 9.91. The van der Waals surface area contributed by atoms with Crippen molar-refractivity contribution in [3.63, 3.8) is 0 Å². The third-order valence-corrected chi connectivity index (χ3v) is 1.98. The molecule has 0 spiro atoms. The molecular formula is C11H18O2. The van der Waals surface area contributed by atoms with Gasteiger partial charge in [0.2, 0.25) is 5.78 Å². The van der Waals surface area contributed by atoms with E-state index < -0.39 is 5.60 Å². The summed E-state index contributed by atoms with van der Waals surface area (Å²) in [5, 5.41) is 0. The van der Waals surface area contributed by atoms with E-state index in [0.717, 1.165) is 12.2 Å². The molecule has 0 fully saturated rings. The SMILES string of the molecule is CC(C)(C)CC1=CC(=O)C(C)(C)O1. The molecule has 0 saturated heterocycles. The fourth-order valence-electron chi connectivity index (χ4n) is 1.34. The van der Waals surface area contributed by atoms with Crippen LogP contribution in [-0.2, 0) is 9.53 Å². The molecule has 0 unspecified atom stereocenters. The van der Waals surface area contributed by atoms with Crippen LogP contribution in [0.3, 0.4) is 0 Å². The van der Waals surface area contributed by atoms with Gasteiger partial charge in [-0.15, -0.1) is 0 Å². The molecule has 0 saturated carbocycles. The summed E-state index contributed by atoms with van der Waals surface area (Å²) in [5.74, 6) is 0.897. The number of carbonyl (C=O) groups excluding carboxylic acids is 1. The van der Waals surface area contributed by atoms with E-state index in [0.29, 0.717) is 0 Å². The van der Waals surface area contributed by atoms with E-state index in [2.05, 4.69) is 20.8 Å². The van der Waals surface area contributed by atoms with Gasteiger partial charge in [0.1, 0.15) is 5.76 Å². The van der Waals surface area contributed by atoms with Crippen LogP contribution >= 0.6 is 0 Å². The second-order valence-corrected chi connectivity index (χ2v) is 5.32. The summed E-state index contributed by atoms with van der Waals surface area (Å²) < 4.78 is 5.55. The number of ether oxygens (including phenoxy) is 1. The van der Waals surface area contributed by atoms with Gasteiger partial charge in [-0.1, -0.05) is 20.8 Å². The number of hydrogen-bond donors (Lipinski definition) is 0. The first-order valence-electron chi connectivity index (χ1n) is 4.65. The van der Waals surface area contributed by atoms with Crippen molar-refractivity contribution >= 4 is 5.78 Å². The molecule has 1 aliphatic rings. The minimum absolute atomic E-state index is 0.0757. The highest BCUT2D eigenvalue weighted by atomic mass is 16.5. The molecule has 13 heavy (non-hydrogen) atoms. The van der Waals surface area contributed by atoms with Gasteiger partial charge in [0.15, 0.2) is 5.60 Å². The Bertz CT molecular complexity index is 254. The van der Waals surface area contributed by atoms with E-state index in [1.54, 1.807) is 6.08 Å². The van der Waals surface area contributed by atoms with Crippen molar-refractivity contribution in [2.45, 2.75) is 46.6 Å². The van der Waals surface area contributed by atoms with Gasteiger partial charge >= 0.3 is 0 Å². The summed E-state index contributed by atoms with van der Waals surface area (Å²) in [6, 6.07) is 0. The summed E-state index contributed by atoms with van der Waals surface area (Å²) in [7, 11) is 0. The Kier molecular flexibility index (Phi) is 2.27. The summed E-state index contributed by atoms with van der Waals surface area (Å²) >= 11 is 0. The van der Waals surface area contributed by atoms with Crippen molar-refractivity contribution in [2.24, 2.45) is 5.41 Å². The first-order valence-corrected chi connectivity index (χ1v) is 4.65. The monoisotopic (exact) mass is 182 g/mol. The van der Waals surface area contributed by atoms with Gasteiger partial charge in [-0.25, -0.2) is 0 Å². The van der Waals surface area contributed by atoms with Crippen molar-refractivity contribution in [3.05, 3.63) is 11.8 Å². The third-order valence-electron chi connectivity index (χ3n) is 1.98. The van der Waals surface area contributed by atoms with Crippen LogP contribution in [0.1, 0.15) is 41.0 Å². The smallest absolute Gasteiger partial charge is 0.201 e. The molecule has 74 valence electrons. The van der Waals surface area contributed by atoms with Crippen LogP contribution in [0.4, 0.5) is 0 Å². The van der Waals surface area contributed by atoms with Gasteiger partial charge in [-0.2, -0.15) is 0 Å². The Morgan fingerprint density at radius 1 is 1.38 bits per heavy atom. The summed E-state index contributed by atoms with van der Waals surface area (Å²) in [5.41, 5.74) is -0.465. The topological polar surface area (TPSA) is 26.3 Å². The van der Waals surface area contributed by atoms with Crippen LogP contribution in [-0.4, -0.2) is 11.4 Å². The maximum atomic E-state index is 11.4. The Morgan fingerprint density at radius 2 is 1.92 bits per heavy atom. The normalized spacial score (nSPS) is 21.3. The summed E-state index contributed by atoms with van der Waals surface area (Å²) in [6.07, 6.45) is 2.45. The number of hydrogen-bond acceptors (Lipinski definition) is 2. The van der Waals surface area contributed by atoms with E-state index in [1.165, 1.54) is 0 Å². The zero-order valence-electron chi connectivity index (χ0n) is 9.10. The molecule has 0 aliphatic carbocycles. The number of allylic oxidation sites excluding steroid dienone is 1. The Hall–Kier alpha value is -0.790. The van der Waals surface area contributed by atoms with E-state index >= 15 is 0 Å². The molecule has 0 radical (unpaired) electrons. The van der Waals surface area contributed by atoms with Crippen LogP contribution in [0.15, 0.2) is 11.8 Å². The predicted molar refractivity (Wildman–Crippen MR) is 52.3 cm³/mol. The highest BCUT2D eigenvalue weighted by molar-refractivity contribution is 5.98. The lowest BCUT2D eigenvalue weighted by Gasteiger charge is -2.22. The molecule has 0 aromatic carbocycles. The number of ketones is 1. The van der Waals surface area contributed by atoms with E-state index in [9.17, 15) is 4.79 Å². The minimum Gasteiger partial charge on any atom is -0.484 e. The van der Waals surface area contributed by atoms with Crippen molar-refractivity contribution in [2.75, 3.05) is 0 Å². The van der Waals surface area contributed by atoms with Crippen molar-refractivity contribution < 1.29 is 9.53 Å². The average molecular weight is 182 g/mol. The molecule has 0 bridgehead atoms. The fraction of sp³-hybridized carbons (Fsp3) is 0.727. The molecule has 0 aromatic rings. The predicted octanol–water partition coefficient (Wildman–Crippen LogP) is 2.68. The fourth-order valence-corrected chi connectivity index (χ4v) is 1.34. The molecule has 0 atom stereocenters. The second kappa shape index (κ2) is 2.86. The lowest BCUT2D eigenvalue weighted by molar-refractivity contribution is -0.127. The minimum atomic E-state index is -0.638. The molecule has 0 amide bonds. The van der Waals surface area contributed by atoms with Crippen molar-refractivity contribution in [3.8, 4) is 0 Å². The highest BCUT2D eigenvalue weighted by Gasteiger charge is 2.35. The van der Waals surface area contributed by atoms with Gasteiger partial charge in [0.25, 0.3) is 0 Å². The first kappa shape index (κ1) is 10.3. The summed E-state index contributed by atoms with van der Waals surface area (Å²) in [6.45, 7) is 10.0. The lowest BCUT2D eigenvalue weighted by Crippen LogP contribution is -2.28. The number of rotatable bonds is 1. The molecule has 0 N–H and O–H groups in total. The first-order chi connectivity index (χ1) is 5.71. The van der Waals surface area contributed by atoms with E-state index in [4.69, 9.17) is 4.74 Å². The van der Waals surface area contributed by atoms with Gasteiger partial charge < -0.3 is 4.74 Å². The maximum Gasteiger partial charge on any atom is 0.201 e. The van der Waals surface area contributed by atoms with Crippen LogP contribution in [0, 0.1) is 5.41 Å². The average Bonchev–Trinajstić information content (AvgIpc) is 2.01. The molecular weight excluding hydrogens is 164 g/mol. The Balaban J connectivity index is 2.68. The second-order valence-electron chi connectivity index (χ2n) is 5.32. The van der Waals surface area contributed by atoms with E-state index in [-0.39, 0.29) is 11.2 Å². The quantitative estimate of drug-likeness (QED) is 0.623. The highest BCUT2D eigenvalue weighted by Crippen LogP contribution is 2.32. The zero-order chi connectivity index (χ0) is 10.3. The molecule has 1 heterocycles. The van der Waals surface area contributed by atoms with Crippen molar-refractivity contribution in [1.82, 2.24) is 0 Å². The van der Waals surface area contributed by atoms with Gasteiger partial charge in [-0.05, 0) is 19.3 Å². The van der Waals surface area contributed by atoms with Gasteiger partial charge in [0.05, 0.1) is 0 Å². The van der Waals surface area contributed by atoms with Crippen LogP contribution in [0.5, 0.6) is 0 Å². The summed E-state index contributed by atoms with van der Waals surface area (Å²) in [4.78, 5) is 11.4. The van der Waals surface area contributed by atoms with E-state index in [1.807, 2.05) is 13.8 Å². The van der Waals surface area contributed by atoms with Crippen LogP contribution in [0.25, 0.3) is 0 Å². The Labute approximate surface area is 80.0 Å². The molecule has 2 nitrogen and oxygen atoms in total. The third kappa shape index (κ3) is 2.58. The largest absolute Gasteiger partial charge is 0.484 e. The number of carbonyl (C=O) groups is 1. The molecule has 1 aliphatic heterocycles. The van der Waals surface area contributed by atoms with Crippen molar-refractivity contribution in [1.29, 1.82) is 0 Å². The Morgan fingerprint density at radius 3 is 2.23 bits per heavy atom. The zero-order valence-corrected chi connectivity index (χ0v) is 9.10. The molecule has 1 rings (SSSR count). The van der Waals surface area contributed by atoms with Gasteiger partial charge in [-0.3, -0.25) is 4.79 Å². The van der Waals surface area contributed by atoms with Crippen LogP contribution in [0.2, 0.25) is 0 Å². The van der Waals surface area contributed by atoms with Crippen LogP contribution < -0.4 is 0 Å². The maximum absolute atomic E-state index is 11.4. The molecule has 0 aromatic heterocycles. The standard InChI is InChI=1S/C11H18O2/c1-10(2,3)7-8-6-9(12)11(4,5)13-8/h6H,7H2,1-5H3.